The van der Waals surface area contributed by atoms with Crippen molar-refractivity contribution in [1.29, 1.82) is 0 Å². The number of aromatic hydroxyl groups is 1. The third kappa shape index (κ3) is 6.90. The maximum absolute atomic E-state index is 14.6. The summed E-state index contributed by atoms with van der Waals surface area (Å²) < 4.78 is 21.4. The summed E-state index contributed by atoms with van der Waals surface area (Å²) in [4.78, 5) is 32.2. The highest BCUT2D eigenvalue weighted by Gasteiger charge is 2.41. The summed E-state index contributed by atoms with van der Waals surface area (Å²) in [6.45, 7) is 6.81. The second-order valence-electron chi connectivity index (χ2n) is 11.9. The van der Waals surface area contributed by atoms with Gasteiger partial charge in [0.25, 0.3) is 5.91 Å². The summed E-state index contributed by atoms with van der Waals surface area (Å²) >= 11 is 2.45. The Kier molecular flexibility index (Phi) is 9.18. The summed E-state index contributed by atoms with van der Waals surface area (Å²) in [6.07, 6.45) is 1.36. The second-order valence-corrected chi connectivity index (χ2v) is 13.7. The number of amides is 1. The van der Waals surface area contributed by atoms with Crippen molar-refractivity contribution in [2.24, 2.45) is 0 Å². The summed E-state index contributed by atoms with van der Waals surface area (Å²) in [5.74, 6) is -0.215. The number of ether oxygens (including phenoxy) is 1. The summed E-state index contributed by atoms with van der Waals surface area (Å²) in [5.41, 5.74) is 3.47. The van der Waals surface area contributed by atoms with Crippen LogP contribution in [-0.2, 0) is 17.7 Å². The number of thiazole rings is 1. The number of piperidine rings is 1. The van der Waals surface area contributed by atoms with Gasteiger partial charge in [-0.15, -0.1) is 11.3 Å². The molecule has 234 valence electrons. The fourth-order valence-corrected chi connectivity index (χ4v) is 8.02. The molecule has 2 aromatic heterocycles. The number of halogens is 1. The lowest BCUT2D eigenvalue weighted by molar-refractivity contribution is -0.127. The molecule has 4 aromatic rings. The molecule has 9 nitrogen and oxygen atoms in total. The Bertz CT molecular complexity index is 1690. The lowest BCUT2D eigenvalue weighted by atomic mass is 9.89. The van der Waals surface area contributed by atoms with E-state index in [9.17, 15) is 24.2 Å². The van der Waals surface area contributed by atoms with Gasteiger partial charge in [-0.05, 0) is 79.1 Å². The van der Waals surface area contributed by atoms with E-state index in [-0.39, 0.29) is 34.5 Å². The number of likely N-dealkylation sites (tertiary alicyclic amines) is 1. The Labute approximate surface area is 262 Å². The highest BCUT2D eigenvalue weighted by Crippen LogP contribution is 2.33. The number of fused-ring (bicyclic) bond motifs is 1. The number of nitrogens with zero attached hydrogens (tertiary/aromatic N) is 2. The minimum atomic E-state index is -0.867. The second kappa shape index (κ2) is 13.1. The molecular formula is C32H37FN4O5S2. The van der Waals surface area contributed by atoms with E-state index in [0.717, 1.165) is 58.8 Å². The van der Waals surface area contributed by atoms with Gasteiger partial charge in [-0.25, -0.2) is 4.39 Å². The van der Waals surface area contributed by atoms with E-state index in [1.54, 1.807) is 18.2 Å². The van der Waals surface area contributed by atoms with E-state index in [0.29, 0.717) is 55.0 Å². The van der Waals surface area contributed by atoms with Crippen LogP contribution in [-0.4, -0.2) is 82.4 Å². The Morgan fingerprint density at radius 2 is 1.98 bits per heavy atom. The zero-order valence-corrected chi connectivity index (χ0v) is 26.2. The average molecular weight is 641 g/mol. The van der Waals surface area contributed by atoms with Gasteiger partial charge in [0.05, 0.1) is 34.4 Å². The standard InChI is InChI=1S/C32H37FN4O5S2/c1-20-12-27(43-18-20)30(40)37-10-11-42-32(19-37)5-8-36(9-6-32)17-22-13-21(14-23(33)15-22)4-7-34-16-26(39)24-2-3-25(38)28-29(24)44-31(41)35-28/h2-3,12-15,18,26,34,38-39H,4-11,16-17,19H2,1H3,(H,35,41). The number of hydrogen-bond donors (Lipinski definition) is 4. The predicted octanol–water partition coefficient (Wildman–Crippen LogP) is 4.18. The normalized spacial score (nSPS) is 17.8. The van der Waals surface area contributed by atoms with Gasteiger partial charge in [0.2, 0.25) is 0 Å². The number of carbonyl (C=O) groups is 1. The van der Waals surface area contributed by atoms with Gasteiger partial charge >= 0.3 is 4.87 Å². The molecule has 0 radical (unpaired) electrons. The van der Waals surface area contributed by atoms with Crippen molar-refractivity contribution in [1.82, 2.24) is 20.1 Å². The van der Waals surface area contributed by atoms with E-state index < -0.39 is 6.10 Å². The number of nitrogens with one attached hydrogen (secondary N) is 2. The molecule has 12 heteroatoms. The molecule has 0 saturated carbocycles. The molecule has 6 rings (SSSR count). The van der Waals surface area contributed by atoms with Crippen LogP contribution in [0.5, 0.6) is 5.75 Å². The smallest absolute Gasteiger partial charge is 0.305 e. The fourth-order valence-electron chi connectivity index (χ4n) is 6.23. The van der Waals surface area contributed by atoms with Crippen LogP contribution in [0.25, 0.3) is 10.2 Å². The van der Waals surface area contributed by atoms with Crippen molar-refractivity contribution >= 4 is 38.8 Å². The van der Waals surface area contributed by atoms with Crippen LogP contribution in [0, 0.1) is 12.7 Å². The molecule has 1 unspecified atom stereocenters. The number of aryl methyl sites for hydroxylation is 1. The van der Waals surface area contributed by atoms with Gasteiger partial charge in [-0.3, -0.25) is 14.5 Å². The van der Waals surface area contributed by atoms with E-state index >= 15 is 0 Å². The topological polar surface area (TPSA) is 118 Å². The van der Waals surface area contributed by atoms with Crippen LogP contribution < -0.4 is 10.2 Å². The van der Waals surface area contributed by atoms with Crippen molar-refractivity contribution < 1.29 is 24.1 Å². The van der Waals surface area contributed by atoms with Crippen molar-refractivity contribution in [3.8, 4) is 5.75 Å². The molecule has 2 aromatic carbocycles. The van der Waals surface area contributed by atoms with Gasteiger partial charge in [0.15, 0.2) is 0 Å². The summed E-state index contributed by atoms with van der Waals surface area (Å²) in [7, 11) is 0. The number of aromatic amines is 1. The Morgan fingerprint density at radius 1 is 1.18 bits per heavy atom. The highest BCUT2D eigenvalue weighted by atomic mass is 32.1. The maximum Gasteiger partial charge on any atom is 0.305 e. The molecule has 2 saturated heterocycles. The number of benzene rings is 2. The number of H-pyrrole nitrogens is 1. The van der Waals surface area contributed by atoms with Gasteiger partial charge in [-0.2, -0.15) is 0 Å². The number of aromatic nitrogens is 1. The maximum atomic E-state index is 14.6. The van der Waals surface area contributed by atoms with E-state index in [1.807, 2.05) is 29.3 Å². The molecule has 0 bridgehead atoms. The van der Waals surface area contributed by atoms with Gasteiger partial charge in [0, 0.05) is 38.3 Å². The lowest BCUT2D eigenvalue weighted by Crippen LogP contribution is -2.57. The average Bonchev–Trinajstić information content (AvgIpc) is 3.62. The van der Waals surface area contributed by atoms with Crippen molar-refractivity contribution in [2.45, 2.75) is 44.4 Å². The number of carbonyl (C=O) groups excluding carboxylic acids is 1. The van der Waals surface area contributed by atoms with Crippen LogP contribution in [0.1, 0.15) is 50.9 Å². The Hall–Kier alpha value is -3.13. The zero-order valence-electron chi connectivity index (χ0n) is 24.6. The number of aliphatic hydroxyl groups is 1. The number of aliphatic hydroxyl groups excluding tert-OH is 1. The minimum Gasteiger partial charge on any atom is -0.506 e. The molecule has 2 aliphatic rings. The monoisotopic (exact) mass is 640 g/mol. The molecule has 1 amide bonds. The molecule has 2 fully saturated rings. The third-order valence-electron chi connectivity index (χ3n) is 8.54. The first-order valence-corrected chi connectivity index (χ1v) is 16.6. The van der Waals surface area contributed by atoms with Crippen LogP contribution >= 0.6 is 22.7 Å². The number of thiophene rings is 1. The predicted molar refractivity (Wildman–Crippen MR) is 170 cm³/mol. The molecular weight excluding hydrogens is 604 g/mol. The van der Waals surface area contributed by atoms with E-state index in [1.165, 1.54) is 17.4 Å². The van der Waals surface area contributed by atoms with Gasteiger partial charge < -0.3 is 30.2 Å². The van der Waals surface area contributed by atoms with Gasteiger partial charge in [0.1, 0.15) is 17.1 Å². The number of phenols is 1. The first-order chi connectivity index (χ1) is 21.2. The first kappa shape index (κ1) is 30.9. The van der Waals surface area contributed by atoms with Crippen molar-refractivity contribution in [3.63, 3.8) is 0 Å². The molecule has 4 N–H and O–H groups in total. The summed E-state index contributed by atoms with van der Waals surface area (Å²) in [6, 6.07) is 10.2. The fraction of sp³-hybridized carbons (Fsp3) is 0.438. The molecule has 1 atom stereocenters. The van der Waals surface area contributed by atoms with Crippen LogP contribution in [0.15, 0.2) is 46.6 Å². The molecule has 44 heavy (non-hydrogen) atoms. The Balaban J connectivity index is 0.992. The molecule has 1 spiro atoms. The third-order valence-corrected chi connectivity index (χ3v) is 10.5. The lowest BCUT2D eigenvalue weighted by Gasteiger charge is -2.47. The number of morpholine rings is 1. The van der Waals surface area contributed by atoms with Crippen LogP contribution in [0.2, 0.25) is 0 Å². The quantitative estimate of drug-likeness (QED) is 0.203. The van der Waals surface area contributed by atoms with Crippen molar-refractivity contribution in [2.75, 3.05) is 45.9 Å². The SMILES string of the molecule is Cc1csc(C(=O)N2CCOC3(CCN(Cc4cc(F)cc(CCNCC(O)c5ccc(O)c6[nH]c(=O)sc56)c4)CC3)C2)c1. The van der Waals surface area contributed by atoms with Crippen molar-refractivity contribution in [3.05, 3.63) is 84.4 Å². The van der Waals surface area contributed by atoms with Gasteiger partial charge in [-0.1, -0.05) is 23.5 Å². The number of rotatable bonds is 9. The van der Waals surface area contributed by atoms with E-state index in [2.05, 4.69) is 15.2 Å². The largest absolute Gasteiger partial charge is 0.506 e. The minimum absolute atomic E-state index is 0.0291. The molecule has 2 aliphatic heterocycles. The van der Waals surface area contributed by atoms with Crippen LogP contribution in [0.4, 0.5) is 4.39 Å². The Morgan fingerprint density at radius 3 is 2.75 bits per heavy atom. The zero-order chi connectivity index (χ0) is 30.8. The van der Waals surface area contributed by atoms with E-state index in [4.69, 9.17) is 4.74 Å². The van der Waals surface area contributed by atoms with Crippen LogP contribution in [0.3, 0.4) is 0 Å². The first-order valence-electron chi connectivity index (χ1n) is 14.9. The molecule has 4 heterocycles. The number of phenolic OH excluding ortho intramolecular Hbond substituents is 1. The molecule has 0 aliphatic carbocycles. The number of hydrogen-bond acceptors (Lipinski definition) is 9. The summed E-state index contributed by atoms with van der Waals surface area (Å²) in [5, 5.41) is 25.9. The highest BCUT2D eigenvalue weighted by molar-refractivity contribution is 7.16.